The summed E-state index contributed by atoms with van der Waals surface area (Å²) in [6.07, 6.45) is 1.47. The van der Waals surface area contributed by atoms with E-state index in [-0.39, 0.29) is 37.2 Å². The highest BCUT2D eigenvalue weighted by Crippen LogP contribution is 2.18. The van der Waals surface area contributed by atoms with Gasteiger partial charge in [-0.05, 0) is 17.5 Å². The minimum atomic E-state index is -0.721. The first kappa shape index (κ1) is 35.1. The first-order valence-corrected chi connectivity index (χ1v) is 15.8. The topological polar surface area (TPSA) is 188 Å². The van der Waals surface area contributed by atoms with Crippen LogP contribution in [0.4, 0.5) is 5.82 Å². The number of nitrogens with one attached hydrogen (secondary N) is 3. The van der Waals surface area contributed by atoms with Crippen LogP contribution in [0.2, 0.25) is 0 Å². The lowest BCUT2D eigenvalue weighted by atomic mass is 10.00. The maximum absolute atomic E-state index is 12.7. The highest BCUT2D eigenvalue weighted by molar-refractivity contribution is 5.93. The summed E-state index contributed by atoms with van der Waals surface area (Å²) >= 11 is 0. The number of aliphatic hydroxyl groups is 1. The average molecular weight is 642 g/mol. The molecule has 0 aliphatic carbocycles. The van der Waals surface area contributed by atoms with E-state index in [2.05, 4.69) is 47.9 Å². The Hall–Kier alpha value is -3.73. The van der Waals surface area contributed by atoms with E-state index in [1.165, 1.54) is 23.5 Å². The van der Waals surface area contributed by atoms with Crippen molar-refractivity contribution in [3.8, 4) is 0 Å². The second-order valence-corrected chi connectivity index (χ2v) is 11.3. The number of β-amino-alcohol motifs (C(OH)–C–C–N with tert-alkyl or cyclic N) is 1. The van der Waals surface area contributed by atoms with E-state index in [1.807, 2.05) is 12.1 Å². The molecule has 1 saturated heterocycles. The van der Waals surface area contributed by atoms with Crippen molar-refractivity contribution in [2.75, 3.05) is 104 Å². The van der Waals surface area contributed by atoms with Crippen LogP contribution in [0.15, 0.2) is 36.7 Å². The molecule has 3 heterocycles. The first-order chi connectivity index (χ1) is 22.4. The van der Waals surface area contributed by atoms with E-state index in [9.17, 15) is 19.5 Å². The number of benzene rings is 1. The van der Waals surface area contributed by atoms with Crippen LogP contribution in [0.5, 0.6) is 0 Å². The smallest absolute Gasteiger partial charge is 0.270 e. The monoisotopic (exact) mass is 641 g/mol. The average Bonchev–Trinajstić information content (AvgIpc) is 3.08. The van der Waals surface area contributed by atoms with Gasteiger partial charge in [0.25, 0.3) is 5.91 Å². The van der Waals surface area contributed by atoms with Crippen molar-refractivity contribution in [2.24, 2.45) is 5.73 Å². The van der Waals surface area contributed by atoms with Gasteiger partial charge in [0.05, 0.1) is 32.5 Å². The Morgan fingerprint density at radius 1 is 0.957 bits per heavy atom. The molecule has 6 N–H and O–H groups in total. The van der Waals surface area contributed by atoms with E-state index in [0.717, 1.165) is 32.6 Å². The number of aromatic nitrogens is 2. The molecule has 1 atom stereocenters. The number of nitrogens with zero attached hydrogens (tertiary/aromatic N) is 5. The minimum absolute atomic E-state index is 0.0186. The SMILES string of the molecule is NCCOCCOCC(=O)N1CCN(CCNC(=O)CNc2cc(C(=O)NC[C@H](O)CN3CCc4ccccc4C3)ncn2)CC1. The molecule has 15 heteroatoms. The number of aliphatic hydroxyl groups excluding tert-OH is 1. The number of carbonyl (C=O) groups is 3. The number of ether oxygens (including phenoxy) is 2. The fourth-order valence-corrected chi connectivity index (χ4v) is 5.31. The Labute approximate surface area is 269 Å². The molecule has 1 fully saturated rings. The Balaban J connectivity index is 1.06. The number of hydrogen-bond acceptors (Lipinski definition) is 12. The fraction of sp³-hybridized carbons (Fsp3) is 0.581. The summed E-state index contributed by atoms with van der Waals surface area (Å²) in [7, 11) is 0. The summed E-state index contributed by atoms with van der Waals surface area (Å²) in [5, 5.41) is 19.0. The Morgan fingerprint density at radius 2 is 1.74 bits per heavy atom. The van der Waals surface area contributed by atoms with Gasteiger partial charge in [0.1, 0.15) is 24.4 Å². The van der Waals surface area contributed by atoms with Crippen molar-refractivity contribution < 1.29 is 29.0 Å². The van der Waals surface area contributed by atoms with E-state index < -0.39 is 12.0 Å². The van der Waals surface area contributed by atoms with Gasteiger partial charge in [0, 0.05) is 78.1 Å². The quantitative estimate of drug-likeness (QED) is 0.116. The van der Waals surface area contributed by atoms with Gasteiger partial charge in [0.2, 0.25) is 11.8 Å². The molecular weight excluding hydrogens is 594 g/mol. The van der Waals surface area contributed by atoms with Gasteiger partial charge in [-0.1, -0.05) is 24.3 Å². The summed E-state index contributed by atoms with van der Waals surface area (Å²) in [4.78, 5) is 51.6. The molecule has 252 valence electrons. The van der Waals surface area contributed by atoms with Gasteiger partial charge < -0.3 is 41.2 Å². The summed E-state index contributed by atoms with van der Waals surface area (Å²) in [5.41, 5.74) is 8.11. The molecule has 2 aromatic rings. The summed E-state index contributed by atoms with van der Waals surface area (Å²) in [5.74, 6) is -0.342. The molecule has 0 unspecified atom stereocenters. The number of nitrogens with two attached hydrogens (primary N) is 1. The third kappa shape index (κ3) is 11.9. The van der Waals surface area contributed by atoms with Gasteiger partial charge >= 0.3 is 0 Å². The van der Waals surface area contributed by atoms with Gasteiger partial charge in [-0.15, -0.1) is 0 Å². The van der Waals surface area contributed by atoms with Crippen LogP contribution in [0, 0.1) is 0 Å². The van der Waals surface area contributed by atoms with Crippen LogP contribution in [0.25, 0.3) is 0 Å². The molecule has 0 bridgehead atoms. The lowest BCUT2D eigenvalue weighted by Crippen LogP contribution is -2.51. The Morgan fingerprint density at radius 3 is 2.54 bits per heavy atom. The Kier molecular flexibility index (Phi) is 14.5. The zero-order valence-electron chi connectivity index (χ0n) is 26.4. The molecule has 46 heavy (non-hydrogen) atoms. The number of carbonyl (C=O) groups excluding carboxylic acids is 3. The molecule has 1 aromatic carbocycles. The van der Waals surface area contributed by atoms with Crippen LogP contribution in [-0.4, -0.2) is 152 Å². The van der Waals surface area contributed by atoms with E-state index in [4.69, 9.17) is 15.2 Å². The van der Waals surface area contributed by atoms with Crippen molar-refractivity contribution in [1.82, 2.24) is 35.3 Å². The van der Waals surface area contributed by atoms with Crippen molar-refractivity contribution >= 4 is 23.5 Å². The molecule has 0 spiro atoms. The normalized spacial score (nSPS) is 16.0. The van der Waals surface area contributed by atoms with Gasteiger partial charge in [0.15, 0.2) is 0 Å². The maximum atomic E-state index is 12.7. The molecule has 0 saturated carbocycles. The number of anilines is 1. The van der Waals surface area contributed by atoms with Crippen molar-refractivity contribution in [2.45, 2.75) is 19.1 Å². The van der Waals surface area contributed by atoms with Crippen LogP contribution in [0.1, 0.15) is 21.6 Å². The molecule has 1 aromatic heterocycles. The van der Waals surface area contributed by atoms with Crippen molar-refractivity contribution in [3.63, 3.8) is 0 Å². The summed E-state index contributed by atoms with van der Waals surface area (Å²) in [6, 6.07) is 9.79. The van der Waals surface area contributed by atoms with Gasteiger partial charge in [-0.2, -0.15) is 0 Å². The van der Waals surface area contributed by atoms with Crippen LogP contribution >= 0.6 is 0 Å². The van der Waals surface area contributed by atoms with Crippen molar-refractivity contribution in [1.29, 1.82) is 0 Å². The predicted molar refractivity (Wildman–Crippen MR) is 171 cm³/mol. The number of piperazine rings is 1. The molecular formula is C31H47N9O6. The molecule has 4 rings (SSSR count). The van der Waals surface area contributed by atoms with Gasteiger partial charge in [-0.25, -0.2) is 9.97 Å². The maximum Gasteiger partial charge on any atom is 0.270 e. The van der Waals surface area contributed by atoms with Crippen LogP contribution in [-0.2, 0) is 32.0 Å². The largest absolute Gasteiger partial charge is 0.390 e. The highest BCUT2D eigenvalue weighted by atomic mass is 16.5. The second kappa shape index (κ2) is 19.1. The summed E-state index contributed by atoms with van der Waals surface area (Å²) < 4.78 is 10.6. The first-order valence-electron chi connectivity index (χ1n) is 15.8. The lowest BCUT2D eigenvalue weighted by molar-refractivity contribution is -0.138. The minimum Gasteiger partial charge on any atom is -0.390 e. The fourth-order valence-electron chi connectivity index (χ4n) is 5.31. The number of hydrogen-bond donors (Lipinski definition) is 5. The lowest BCUT2D eigenvalue weighted by Gasteiger charge is -2.34. The number of amides is 3. The summed E-state index contributed by atoms with van der Waals surface area (Å²) in [6.45, 7) is 7.69. The third-order valence-electron chi connectivity index (χ3n) is 7.84. The molecule has 3 amide bonds. The third-order valence-corrected chi connectivity index (χ3v) is 7.84. The standard InChI is InChI=1S/C31H47N9O6/c32-6-14-45-15-16-46-22-30(43)40-12-10-38(11-13-40)9-7-33-29(42)19-34-28-17-27(36-23-37-28)31(44)35-18-26(41)21-39-8-5-24-3-1-2-4-25(24)20-39/h1-4,17,23,26,41H,5-16,18-22,32H2,(H,33,42)(H,35,44)(H,34,36,37)/t26-/m0/s1. The van der Waals surface area contributed by atoms with Crippen LogP contribution < -0.4 is 21.7 Å². The highest BCUT2D eigenvalue weighted by Gasteiger charge is 2.21. The molecule has 2 aliphatic rings. The zero-order valence-corrected chi connectivity index (χ0v) is 26.4. The second-order valence-electron chi connectivity index (χ2n) is 11.3. The Bertz CT molecular complexity index is 1260. The number of fused-ring (bicyclic) bond motifs is 1. The molecule has 0 radical (unpaired) electrons. The molecule has 2 aliphatic heterocycles. The predicted octanol–water partition coefficient (Wildman–Crippen LogP) is -1.71. The number of rotatable bonds is 18. The van der Waals surface area contributed by atoms with E-state index in [1.54, 1.807) is 4.90 Å². The molecule has 15 nitrogen and oxygen atoms in total. The van der Waals surface area contributed by atoms with Crippen LogP contribution in [0.3, 0.4) is 0 Å². The van der Waals surface area contributed by atoms with Crippen molar-refractivity contribution in [3.05, 3.63) is 53.5 Å². The zero-order chi connectivity index (χ0) is 32.6. The van der Waals surface area contributed by atoms with E-state index in [0.29, 0.717) is 64.9 Å². The van der Waals surface area contributed by atoms with E-state index >= 15 is 0 Å². The van der Waals surface area contributed by atoms with Gasteiger partial charge in [-0.3, -0.25) is 24.2 Å².